The molecule has 0 fully saturated rings. The third-order valence-corrected chi connectivity index (χ3v) is 4.64. The van der Waals surface area contributed by atoms with E-state index in [1.165, 1.54) is 20.1 Å². The zero-order valence-electron chi connectivity index (χ0n) is 15.5. The second kappa shape index (κ2) is 8.98. The van der Waals surface area contributed by atoms with Gasteiger partial charge in [0.1, 0.15) is 6.61 Å². The van der Waals surface area contributed by atoms with Crippen LogP contribution in [0.5, 0.6) is 11.5 Å². The van der Waals surface area contributed by atoms with Gasteiger partial charge in [-0.1, -0.05) is 46.6 Å². The monoisotopic (exact) mass is 434 g/mol. The van der Waals surface area contributed by atoms with Crippen LogP contribution in [0.25, 0.3) is 12.2 Å². The molecule has 1 heterocycles. The minimum Gasteiger partial charge on any atom is -0.493 e. The molecule has 2 aromatic carbocycles. The number of halogens is 2. The molecule has 0 radical (unpaired) electrons. The standard InChI is InChI=1S/C20H16Cl2N2O5/c1-12-20(24(25)26)18(29-23-12)8-4-13-3-7-17(19(9-13)27-2)28-11-14-5-6-15(21)10-16(14)22/h3-10H,11H2,1-2H3/b8-4-. The highest BCUT2D eigenvalue weighted by Gasteiger charge is 2.21. The molecule has 3 rings (SSSR count). The summed E-state index contributed by atoms with van der Waals surface area (Å²) >= 11 is 12.1. The first-order valence-electron chi connectivity index (χ1n) is 8.42. The molecular weight excluding hydrogens is 419 g/mol. The first kappa shape index (κ1) is 20.7. The van der Waals surface area contributed by atoms with Crippen molar-refractivity contribution in [1.82, 2.24) is 5.16 Å². The maximum Gasteiger partial charge on any atom is 0.338 e. The Hall–Kier alpha value is -3.03. The molecule has 0 aliphatic heterocycles. The molecule has 1 aromatic heterocycles. The summed E-state index contributed by atoms with van der Waals surface area (Å²) in [5.41, 5.74) is 1.59. The van der Waals surface area contributed by atoms with E-state index >= 15 is 0 Å². The van der Waals surface area contributed by atoms with Crippen molar-refractivity contribution >= 4 is 41.0 Å². The first-order chi connectivity index (χ1) is 13.9. The van der Waals surface area contributed by atoms with Crippen molar-refractivity contribution in [2.24, 2.45) is 0 Å². The van der Waals surface area contributed by atoms with Crippen molar-refractivity contribution in [3.05, 3.63) is 79.1 Å². The summed E-state index contributed by atoms with van der Waals surface area (Å²) < 4.78 is 16.2. The van der Waals surface area contributed by atoms with E-state index in [0.717, 1.165) is 11.1 Å². The van der Waals surface area contributed by atoms with Crippen LogP contribution in [-0.2, 0) is 6.61 Å². The van der Waals surface area contributed by atoms with Crippen molar-refractivity contribution in [3.63, 3.8) is 0 Å². The Morgan fingerprint density at radius 1 is 1.17 bits per heavy atom. The van der Waals surface area contributed by atoms with Crippen LogP contribution < -0.4 is 9.47 Å². The van der Waals surface area contributed by atoms with Crippen LogP contribution in [0.15, 0.2) is 40.9 Å². The van der Waals surface area contributed by atoms with Gasteiger partial charge in [0.15, 0.2) is 17.2 Å². The van der Waals surface area contributed by atoms with Gasteiger partial charge in [0.2, 0.25) is 5.76 Å². The maximum absolute atomic E-state index is 11.1. The second-order valence-corrected chi connectivity index (χ2v) is 6.85. The smallest absolute Gasteiger partial charge is 0.338 e. The molecule has 150 valence electrons. The van der Waals surface area contributed by atoms with Gasteiger partial charge in [0.05, 0.1) is 12.0 Å². The SMILES string of the molecule is COc1cc(/C=C\c2onc(C)c2[N+](=O)[O-])ccc1OCc1ccc(Cl)cc1Cl. The van der Waals surface area contributed by atoms with Gasteiger partial charge < -0.3 is 14.0 Å². The van der Waals surface area contributed by atoms with E-state index in [0.29, 0.717) is 21.5 Å². The molecular formula is C20H16Cl2N2O5. The zero-order valence-corrected chi connectivity index (χ0v) is 17.0. The normalized spacial score (nSPS) is 11.0. The first-order valence-corrected chi connectivity index (χ1v) is 9.18. The van der Waals surface area contributed by atoms with E-state index in [1.807, 2.05) is 0 Å². The third kappa shape index (κ3) is 4.88. The van der Waals surface area contributed by atoms with Crippen molar-refractivity contribution in [3.8, 4) is 11.5 Å². The minimum atomic E-state index is -0.523. The Labute approximate surface area is 176 Å². The Morgan fingerprint density at radius 3 is 2.66 bits per heavy atom. The lowest BCUT2D eigenvalue weighted by Gasteiger charge is -2.12. The van der Waals surface area contributed by atoms with Gasteiger partial charge in [-0.3, -0.25) is 10.1 Å². The van der Waals surface area contributed by atoms with Crippen molar-refractivity contribution in [1.29, 1.82) is 0 Å². The molecule has 0 aliphatic carbocycles. The summed E-state index contributed by atoms with van der Waals surface area (Å²) in [6, 6.07) is 10.4. The Kier molecular flexibility index (Phi) is 6.41. The number of nitro groups is 1. The predicted molar refractivity (Wildman–Crippen MR) is 111 cm³/mol. The molecule has 0 saturated heterocycles. The van der Waals surface area contributed by atoms with Gasteiger partial charge in [0.25, 0.3) is 0 Å². The summed E-state index contributed by atoms with van der Waals surface area (Å²) in [5, 5.41) is 15.8. The van der Waals surface area contributed by atoms with Crippen LogP contribution in [0.2, 0.25) is 10.0 Å². The quantitative estimate of drug-likeness (QED) is 0.336. The van der Waals surface area contributed by atoms with Crippen LogP contribution in [0.3, 0.4) is 0 Å². The number of methoxy groups -OCH3 is 1. The van der Waals surface area contributed by atoms with Crippen LogP contribution in [0.1, 0.15) is 22.6 Å². The molecule has 9 heteroatoms. The fourth-order valence-electron chi connectivity index (χ4n) is 2.59. The van der Waals surface area contributed by atoms with E-state index < -0.39 is 4.92 Å². The number of hydrogen-bond acceptors (Lipinski definition) is 6. The molecule has 0 saturated carbocycles. The fourth-order valence-corrected chi connectivity index (χ4v) is 3.05. The third-order valence-electron chi connectivity index (χ3n) is 4.05. The lowest BCUT2D eigenvalue weighted by molar-refractivity contribution is -0.386. The van der Waals surface area contributed by atoms with E-state index in [4.69, 9.17) is 37.2 Å². The maximum atomic E-state index is 11.1. The number of ether oxygens (including phenoxy) is 2. The summed E-state index contributed by atoms with van der Waals surface area (Å²) in [4.78, 5) is 10.6. The molecule has 0 aliphatic rings. The number of benzene rings is 2. The molecule has 0 spiro atoms. The van der Waals surface area contributed by atoms with Crippen molar-refractivity contribution in [2.75, 3.05) is 7.11 Å². The second-order valence-electron chi connectivity index (χ2n) is 6.01. The van der Waals surface area contributed by atoms with Crippen LogP contribution in [-0.4, -0.2) is 17.2 Å². The molecule has 0 bridgehead atoms. The molecule has 7 nitrogen and oxygen atoms in total. The van der Waals surface area contributed by atoms with Gasteiger partial charge in [-0.25, -0.2) is 0 Å². The van der Waals surface area contributed by atoms with Gasteiger partial charge in [-0.2, -0.15) is 0 Å². The van der Waals surface area contributed by atoms with E-state index in [1.54, 1.807) is 42.5 Å². The van der Waals surface area contributed by atoms with Gasteiger partial charge in [0, 0.05) is 15.6 Å². The highest BCUT2D eigenvalue weighted by atomic mass is 35.5. The van der Waals surface area contributed by atoms with Crippen LogP contribution in [0.4, 0.5) is 5.69 Å². The summed E-state index contributed by atoms with van der Waals surface area (Å²) in [7, 11) is 1.52. The molecule has 0 atom stereocenters. The van der Waals surface area contributed by atoms with Gasteiger partial charge in [-0.15, -0.1) is 0 Å². The van der Waals surface area contributed by atoms with E-state index in [-0.39, 0.29) is 23.7 Å². The average molecular weight is 435 g/mol. The van der Waals surface area contributed by atoms with Gasteiger partial charge >= 0.3 is 5.69 Å². The Bertz CT molecular complexity index is 1080. The highest BCUT2D eigenvalue weighted by molar-refractivity contribution is 6.35. The Morgan fingerprint density at radius 2 is 1.97 bits per heavy atom. The molecule has 29 heavy (non-hydrogen) atoms. The van der Waals surface area contributed by atoms with Crippen molar-refractivity contribution in [2.45, 2.75) is 13.5 Å². The number of aromatic nitrogens is 1. The average Bonchev–Trinajstić information content (AvgIpc) is 3.06. The largest absolute Gasteiger partial charge is 0.493 e. The summed E-state index contributed by atoms with van der Waals surface area (Å²) in [6.07, 6.45) is 3.15. The molecule has 0 amide bonds. The number of aryl methyl sites for hydroxylation is 1. The van der Waals surface area contributed by atoms with Crippen LogP contribution in [0, 0.1) is 17.0 Å². The molecule has 3 aromatic rings. The van der Waals surface area contributed by atoms with Gasteiger partial charge in [-0.05, 0) is 42.8 Å². The van der Waals surface area contributed by atoms with E-state index in [2.05, 4.69) is 5.16 Å². The number of hydrogen-bond donors (Lipinski definition) is 0. The summed E-state index contributed by atoms with van der Waals surface area (Å²) in [5.74, 6) is 1.10. The predicted octanol–water partition coefficient (Wildman–Crippen LogP) is 5.96. The Balaban J connectivity index is 1.77. The topological polar surface area (TPSA) is 87.6 Å². The van der Waals surface area contributed by atoms with Crippen LogP contribution >= 0.6 is 23.2 Å². The number of rotatable bonds is 7. The summed E-state index contributed by atoms with van der Waals surface area (Å²) in [6.45, 7) is 1.76. The molecule has 0 N–H and O–H groups in total. The minimum absolute atomic E-state index is 0.0733. The zero-order chi connectivity index (χ0) is 21.0. The number of nitrogens with zero attached hydrogens (tertiary/aromatic N) is 2. The highest BCUT2D eigenvalue weighted by Crippen LogP contribution is 2.31. The van der Waals surface area contributed by atoms with Crippen molar-refractivity contribution < 1.29 is 18.9 Å². The van der Waals surface area contributed by atoms with E-state index in [9.17, 15) is 10.1 Å². The fraction of sp³-hybridized carbons (Fsp3) is 0.150. The molecule has 0 unspecified atom stereocenters. The lowest BCUT2D eigenvalue weighted by atomic mass is 10.1. The lowest BCUT2D eigenvalue weighted by Crippen LogP contribution is -1.98.